The molecule has 0 bridgehead atoms. The third kappa shape index (κ3) is 3.51. The van der Waals surface area contributed by atoms with Crippen molar-refractivity contribution in [1.82, 2.24) is 4.98 Å². The molecule has 0 saturated carbocycles. The van der Waals surface area contributed by atoms with Crippen molar-refractivity contribution in [2.24, 2.45) is 0 Å². The van der Waals surface area contributed by atoms with Crippen molar-refractivity contribution in [2.75, 3.05) is 0 Å². The third-order valence-corrected chi connectivity index (χ3v) is 5.12. The molecule has 134 valence electrons. The molecular formula is C23H17ClFNO. The molecule has 0 spiro atoms. The number of para-hydroxylation sites is 1. The van der Waals surface area contributed by atoms with Crippen LogP contribution in [0.2, 0.25) is 5.02 Å². The lowest BCUT2D eigenvalue weighted by atomic mass is 9.85. The van der Waals surface area contributed by atoms with Gasteiger partial charge in [0.25, 0.3) is 0 Å². The van der Waals surface area contributed by atoms with E-state index in [1.807, 2.05) is 60.8 Å². The van der Waals surface area contributed by atoms with E-state index in [1.54, 1.807) is 12.1 Å². The molecule has 0 aliphatic heterocycles. The molecule has 3 aromatic carbocycles. The Morgan fingerprint density at radius 2 is 1.74 bits per heavy atom. The number of aromatic nitrogens is 1. The second-order valence-corrected chi connectivity index (χ2v) is 6.92. The van der Waals surface area contributed by atoms with Crippen LogP contribution in [-0.2, 0) is 0 Å². The summed E-state index contributed by atoms with van der Waals surface area (Å²) in [7, 11) is 0. The van der Waals surface area contributed by atoms with Gasteiger partial charge in [-0.1, -0.05) is 66.2 Å². The number of fused-ring (bicyclic) bond motifs is 1. The molecule has 1 N–H and O–H groups in total. The lowest BCUT2D eigenvalue weighted by Crippen LogP contribution is -2.09. The van der Waals surface area contributed by atoms with Crippen LogP contribution in [0, 0.1) is 5.82 Å². The van der Waals surface area contributed by atoms with Crippen molar-refractivity contribution in [2.45, 2.75) is 12.3 Å². The third-order valence-electron chi connectivity index (χ3n) is 4.83. The first-order valence-electron chi connectivity index (χ1n) is 8.72. The zero-order valence-electron chi connectivity index (χ0n) is 14.5. The van der Waals surface area contributed by atoms with E-state index < -0.39 is 5.82 Å². The van der Waals surface area contributed by atoms with Gasteiger partial charge in [-0.05, 0) is 29.3 Å². The molecule has 27 heavy (non-hydrogen) atoms. The van der Waals surface area contributed by atoms with Crippen LogP contribution in [-0.4, -0.2) is 10.8 Å². The van der Waals surface area contributed by atoms with Gasteiger partial charge >= 0.3 is 0 Å². The van der Waals surface area contributed by atoms with Gasteiger partial charge in [0.2, 0.25) is 0 Å². The van der Waals surface area contributed by atoms with Gasteiger partial charge in [0.1, 0.15) is 5.82 Å². The van der Waals surface area contributed by atoms with Crippen LogP contribution in [0.4, 0.5) is 4.39 Å². The van der Waals surface area contributed by atoms with Crippen LogP contribution < -0.4 is 0 Å². The summed E-state index contributed by atoms with van der Waals surface area (Å²) in [6, 6.07) is 21.8. The molecule has 0 amide bonds. The Hall–Kier alpha value is -2.91. The molecule has 0 fully saturated rings. The van der Waals surface area contributed by atoms with Crippen molar-refractivity contribution in [3.63, 3.8) is 0 Å². The molecule has 0 saturated heterocycles. The van der Waals surface area contributed by atoms with E-state index in [1.165, 1.54) is 6.07 Å². The number of benzene rings is 3. The van der Waals surface area contributed by atoms with Crippen molar-refractivity contribution in [1.29, 1.82) is 0 Å². The fraction of sp³-hybridized carbons (Fsp3) is 0.0870. The number of rotatable bonds is 5. The number of carbonyl (C=O) groups excluding carboxylic acids is 1. The van der Waals surface area contributed by atoms with Crippen molar-refractivity contribution >= 4 is 28.3 Å². The Balaban J connectivity index is 1.79. The standard InChI is InChI=1S/C23H17ClFNO/c24-20-12-16(10-11-21(20)25)18(13-23(27)15-6-2-1-3-7-15)19-14-26-22-9-5-4-8-17(19)22/h1-12,14,18,26H,13H2. The van der Waals surface area contributed by atoms with Gasteiger partial charge in [-0.2, -0.15) is 0 Å². The van der Waals surface area contributed by atoms with Gasteiger partial charge < -0.3 is 4.98 Å². The van der Waals surface area contributed by atoms with Crippen LogP contribution in [0.15, 0.2) is 79.0 Å². The van der Waals surface area contributed by atoms with E-state index in [4.69, 9.17) is 11.6 Å². The molecule has 1 unspecified atom stereocenters. The molecule has 2 nitrogen and oxygen atoms in total. The Morgan fingerprint density at radius 3 is 2.52 bits per heavy atom. The highest BCUT2D eigenvalue weighted by Gasteiger charge is 2.23. The van der Waals surface area contributed by atoms with E-state index in [2.05, 4.69) is 4.98 Å². The van der Waals surface area contributed by atoms with Gasteiger partial charge in [0, 0.05) is 35.0 Å². The molecular weight excluding hydrogens is 361 g/mol. The number of Topliss-reactive ketones (excluding diaryl/α,β-unsaturated/α-hetero) is 1. The van der Waals surface area contributed by atoms with E-state index in [0.29, 0.717) is 5.56 Å². The first kappa shape index (κ1) is 17.5. The maximum atomic E-state index is 13.7. The fourth-order valence-corrected chi connectivity index (χ4v) is 3.64. The Bertz CT molecular complexity index is 1100. The molecule has 0 aliphatic carbocycles. The first-order valence-corrected chi connectivity index (χ1v) is 9.10. The molecule has 4 rings (SSSR count). The normalized spacial score (nSPS) is 12.2. The summed E-state index contributed by atoms with van der Waals surface area (Å²) in [6.45, 7) is 0. The summed E-state index contributed by atoms with van der Waals surface area (Å²) in [4.78, 5) is 16.2. The second kappa shape index (κ2) is 7.37. The van der Waals surface area contributed by atoms with Crippen LogP contribution >= 0.6 is 11.6 Å². The van der Waals surface area contributed by atoms with Crippen molar-refractivity contribution < 1.29 is 9.18 Å². The smallest absolute Gasteiger partial charge is 0.163 e. The topological polar surface area (TPSA) is 32.9 Å². The van der Waals surface area contributed by atoms with E-state index in [9.17, 15) is 9.18 Å². The van der Waals surface area contributed by atoms with Gasteiger partial charge in [-0.25, -0.2) is 4.39 Å². The quantitative estimate of drug-likeness (QED) is 0.403. The van der Waals surface area contributed by atoms with Crippen LogP contribution in [0.3, 0.4) is 0 Å². The molecule has 4 aromatic rings. The number of aromatic amines is 1. The van der Waals surface area contributed by atoms with E-state index >= 15 is 0 Å². The monoisotopic (exact) mass is 377 g/mol. The largest absolute Gasteiger partial charge is 0.361 e. The summed E-state index contributed by atoms with van der Waals surface area (Å²) >= 11 is 6.02. The molecule has 0 radical (unpaired) electrons. The van der Waals surface area contributed by atoms with Crippen molar-refractivity contribution in [3.05, 3.63) is 107 Å². The highest BCUT2D eigenvalue weighted by molar-refractivity contribution is 6.30. The molecule has 4 heteroatoms. The van der Waals surface area contributed by atoms with E-state index in [-0.39, 0.29) is 23.1 Å². The Morgan fingerprint density at radius 1 is 1.00 bits per heavy atom. The average molecular weight is 378 g/mol. The number of H-pyrrole nitrogens is 1. The SMILES string of the molecule is O=C(CC(c1ccc(F)c(Cl)c1)c1c[nH]c2ccccc12)c1ccccc1. The summed E-state index contributed by atoms with van der Waals surface area (Å²) in [5.74, 6) is -0.661. The van der Waals surface area contributed by atoms with Crippen LogP contribution in [0.25, 0.3) is 10.9 Å². The van der Waals surface area contributed by atoms with Gasteiger partial charge in [-0.3, -0.25) is 4.79 Å². The number of hydrogen-bond donors (Lipinski definition) is 1. The van der Waals surface area contributed by atoms with E-state index in [0.717, 1.165) is 22.0 Å². The molecule has 1 heterocycles. The molecule has 0 aliphatic rings. The first-order chi connectivity index (χ1) is 13.1. The second-order valence-electron chi connectivity index (χ2n) is 6.51. The number of carbonyl (C=O) groups is 1. The minimum atomic E-state index is -0.465. The lowest BCUT2D eigenvalue weighted by molar-refractivity contribution is 0.0978. The number of ketones is 1. The highest BCUT2D eigenvalue weighted by atomic mass is 35.5. The van der Waals surface area contributed by atoms with Crippen molar-refractivity contribution in [3.8, 4) is 0 Å². The summed E-state index contributed by atoms with van der Waals surface area (Å²) in [5.41, 5.74) is 3.47. The average Bonchev–Trinajstić information content (AvgIpc) is 3.13. The lowest BCUT2D eigenvalue weighted by Gasteiger charge is -2.17. The maximum absolute atomic E-state index is 13.7. The van der Waals surface area contributed by atoms with Crippen LogP contribution in [0.1, 0.15) is 33.8 Å². The number of nitrogens with one attached hydrogen (secondary N) is 1. The molecule has 1 atom stereocenters. The maximum Gasteiger partial charge on any atom is 0.163 e. The summed E-state index contributed by atoms with van der Waals surface area (Å²) in [5, 5.41) is 1.10. The van der Waals surface area contributed by atoms with Gasteiger partial charge in [0.15, 0.2) is 5.78 Å². The zero-order chi connectivity index (χ0) is 18.8. The fourth-order valence-electron chi connectivity index (χ4n) is 3.45. The molecule has 1 aromatic heterocycles. The Kier molecular flexibility index (Phi) is 4.78. The van der Waals surface area contributed by atoms with Crippen LogP contribution in [0.5, 0.6) is 0 Å². The summed E-state index contributed by atoms with van der Waals surface area (Å²) in [6.07, 6.45) is 2.19. The highest BCUT2D eigenvalue weighted by Crippen LogP contribution is 2.35. The number of hydrogen-bond acceptors (Lipinski definition) is 1. The predicted octanol–water partition coefficient (Wildman–Crippen LogP) is 6.37. The minimum Gasteiger partial charge on any atom is -0.361 e. The Labute approximate surface area is 161 Å². The minimum absolute atomic E-state index is 0.0336. The zero-order valence-corrected chi connectivity index (χ0v) is 15.2. The predicted molar refractivity (Wildman–Crippen MR) is 107 cm³/mol. The van der Waals surface area contributed by atoms with Gasteiger partial charge in [0.05, 0.1) is 5.02 Å². The van der Waals surface area contributed by atoms with Gasteiger partial charge in [-0.15, -0.1) is 0 Å². The summed E-state index contributed by atoms with van der Waals surface area (Å²) < 4.78 is 13.7. The number of halogens is 2.